The number of hydrogen-bond donors (Lipinski definition) is 0. The van der Waals surface area contributed by atoms with Crippen molar-refractivity contribution in [1.82, 2.24) is 0 Å². The van der Waals surface area contributed by atoms with Crippen molar-refractivity contribution in [3.63, 3.8) is 0 Å². The van der Waals surface area contributed by atoms with E-state index < -0.39 is 17.5 Å². The van der Waals surface area contributed by atoms with E-state index in [1.807, 2.05) is 0 Å². The molecule has 0 fully saturated rings. The van der Waals surface area contributed by atoms with E-state index in [9.17, 15) is 9.59 Å². The van der Waals surface area contributed by atoms with Gasteiger partial charge in [0.25, 0.3) is 0 Å². The first-order valence-corrected chi connectivity index (χ1v) is 3.16. The molecule has 0 aromatic carbocycles. The number of nitrogens with zero attached hydrogens (tertiary/aromatic N) is 1. The maximum Gasteiger partial charge on any atom is 0.356 e. The van der Waals surface area contributed by atoms with Crippen LogP contribution in [0.1, 0.15) is 0 Å². The van der Waals surface area contributed by atoms with Crippen LogP contribution in [0.15, 0.2) is 24.5 Å². The fourth-order valence-electron chi connectivity index (χ4n) is 0.356. The van der Waals surface area contributed by atoms with Crippen molar-refractivity contribution in [2.45, 2.75) is 0 Å². The third-order valence-corrected chi connectivity index (χ3v) is 0.915. The van der Waals surface area contributed by atoms with Crippen LogP contribution in [0.3, 0.4) is 0 Å². The Morgan fingerprint density at radius 2 is 2.15 bits per heavy atom. The lowest BCUT2D eigenvalue weighted by molar-refractivity contribution is -0.152. The van der Waals surface area contributed by atoms with Gasteiger partial charge < -0.3 is 9.47 Å². The van der Waals surface area contributed by atoms with Gasteiger partial charge in [-0.1, -0.05) is 6.58 Å². The zero-order chi connectivity index (χ0) is 10.3. The topological polar surface area (TPSA) is 76.4 Å². The molecule has 0 rings (SSSR count). The van der Waals surface area contributed by atoms with Gasteiger partial charge in [-0.3, -0.25) is 0 Å². The Hall–Kier alpha value is -2.09. The fraction of sp³-hybridized carbons (Fsp3) is 0.125. The number of hydrogen-bond acceptors (Lipinski definition) is 5. The van der Waals surface area contributed by atoms with Crippen molar-refractivity contribution in [3.05, 3.63) is 24.5 Å². The molecule has 0 aromatic heterocycles. The number of nitriles is 1. The van der Waals surface area contributed by atoms with Gasteiger partial charge in [-0.15, -0.1) is 0 Å². The van der Waals surface area contributed by atoms with E-state index in [1.54, 1.807) is 0 Å². The molecule has 0 amide bonds. The van der Waals surface area contributed by atoms with Crippen molar-refractivity contribution in [3.8, 4) is 6.07 Å². The van der Waals surface area contributed by atoms with Gasteiger partial charge in [0, 0.05) is 0 Å². The summed E-state index contributed by atoms with van der Waals surface area (Å²) >= 11 is 0. The predicted octanol–water partition coefficient (Wildman–Crippen LogP) is 0.296. The summed E-state index contributed by atoms with van der Waals surface area (Å²) in [5.74, 6) is -1.98. The summed E-state index contributed by atoms with van der Waals surface area (Å²) in [6, 6.07) is 1.45. The highest BCUT2D eigenvalue weighted by atomic mass is 16.6. The molecule has 0 heterocycles. The second-order valence-electron chi connectivity index (χ2n) is 1.84. The molecule has 0 bridgehead atoms. The van der Waals surface area contributed by atoms with E-state index in [1.165, 1.54) is 13.2 Å². The van der Waals surface area contributed by atoms with E-state index in [0.29, 0.717) is 0 Å². The molecule has 0 N–H and O–H groups in total. The molecule has 5 heteroatoms. The zero-order valence-corrected chi connectivity index (χ0v) is 6.94. The van der Waals surface area contributed by atoms with Crippen LogP contribution in [0.2, 0.25) is 0 Å². The average molecular weight is 181 g/mol. The molecule has 0 spiro atoms. The van der Waals surface area contributed by atoms with Gasteiger partial charge in [0.2, 0.25) is 0 Å². The van der Waals surface area contributed by atoms with E-state index in [0.717, 1.165) is 12.3 Å². The highest BCUT2D eigenvalue weighted by Gasteiger charge is 2.10. The lowest BCUT2D eigenvalue weighted by atomic mass is 10.3. The normalized spacial score (nSPS) is 8.92. The van der Waals surface area contributed by atoms with Crippen molar-refractivity contribution in [1.29, 1.82) is 5.26 Å². The quantitative estimate of drug-likeness (QED) is 0.206. The largest absolute Gasteiger partial charge is 0.504 e. The summed E-state index contributed by atoms with van der Waals surface area (Å²) in [5.41, 5.74) is -0.431. The third-order valence-electron chi connectivity index (χ3n) is 0.915. The van der Waals surface area contributed by atoms with E-state index in [-0.39, 0.29) is 0 Å². The number of esters is 2. The smallest absolute Gasteiger partial charge is 0.356 e. The average Bonchev–Trinajstić information content (AvgIpc) is 2.13. The first-order valence-electron chi connectivity index (χ1n) is 3.16. The minimum atomic E-state index is -1.06. The van der Waals surface area contributed by atoms with Crippen molar-refractivity contribution in [2.75, 3.05) is 7.11 Å². The highest BCUT2D eigenvalue weighted by Crippen LogP contribution is 1.93. The molecular weight excluding hydrogens is 174 g/mol. The Morgan fingerprint density at radius 1 is 1.54 bits per heavy atom. The van der Waals surface area contributed by atoms with Gasteiger partial charge in [-0.2, -0.15) is 5.26 Å². The maximum atomic E-state index is 10.7. The maximum absolute atomic E-state index is 10.7. The summed E-state index contributed by atoms with van der Waals surface area (Å²) in [4.78, 5) is 21.4. The van der Waals surface area contributed by atoms with Crippen LogP contribution in [-0.4, -0.2) is 19.0 Å². The molecular formula is C8H7NO4. The van der Waals surface area contributed by atoms with Gasteiger partial charge in [0.05, 0.1) is 19.4 Å². The van der Waals surface area contributed by atoms with Crippen molar-refractivity contribution >= 4 is 11.9 Å². The Balaban J connectivity index is 4.09. The molecule has 0 saturated heterocycles. The second-order valence-corrected chi connectivity index (χ2v) is 1.84. The van der Waals surface area contributed by atoms with Crippen LogP contribution in [0.5, 0.6) is 0 Å². The lowest BCUT2D eigenvalue weighted by Gasteiger charge is -1.95. The molecule has 0 unspecified atom stereocenters. The number of rotatable bonds is 3. The second kappa shape index (κ2) is 5.55. The molecule has 0 atom stereocenters. The Kier molecular flexibility index (Phi) is 4.65. The van der Waals surface area contributed by atoms with Crippen LogP contribution < -0.4 is 0 Å². The van der Waals surface area contributed by atoms with Crippen LogP contribution in [0.4, 0.5) is 0 Å². The summed E-state index contributed by atoms with van der Waals surface area (Å²) in [7, 11) is 1.33. The SMILES string of the molecule is C=C(C#N)C(=O)OC(=O)C=COC. The van der Waals surface area contributed by atoms with Crippen molar-refractivity contribution < 1.29 is 19.1 Å². The summed E-state index contributed by atoms with van der Waals surface area (Å²) in [5, 5.41) is 8.19. The Bertz CT molecular complexity index is 298. The van der Waals surface area contributed by atoms with E-state index in [2.05, 4.69) is 16.1 Å². The van der Waals surface area contributed by atoms with Crippen LogP contribution >= 0.6 is 0 Å². The highest BCUT2D eigenvalue weighted by molar-refractivity contribution is 6.01. The van der Waals surface area contributed by atoms with Gasteiger partial charge in [-0.25, -0.2) is 9.59 Å². The van der Waals surface area contributed by atoms with Gasteiger partial charge >= 0.3 is 11.9 Å². The van der Waals surface area contributed by atoms with E-state index >= 15 is 0 Å². The zero-order valence-electron chi connectivity index (χ0n) is 6.94. The monoisotopic (exact) mass is 181 g/mol. The first kappa shape index (κ1) is 10.9. The summed E-state index contributed by atoms with van der Waals surface area (Å²) in [6.45, 7) is 3.06. The van der Waals surface area contributed by atoms with E-state index in [4.69, 9.17) is 5.26 Å². The Labute approximate surface area is 74.9 Å². The molecule has 0 aromatic rings. The predicted molar refractivity (Wildman–Crippen MR) is 42.0 cm³/mol. The first-order chi connectivity index (χ1) is 6.11. The number of carbonyl (C=O) groups is 2. The Morgan fingerprint density at radius 3 is 2.62 bits per heavy atom. The standard InChI is InChI=1S/C8H7NO4/c1-6(5-9)8(11)13-7(10)3-4-12-2/h3-4H,1H2,2H3. The third kappa shape index (κ3) is 4.37. The molecule has 0 saturated carbocycles. The minimum absolute atomic E-state index is 0.431. The van der Waals surface area contributed by atoms with Crippen molar-refractivity contribution in [2.24, 2.45) is 0 Å². The number of ether oxygens (including phenoxy) is 2. The molecule has 0 aliphatic rings. The van der Waals surface area contributed by atoms with Gasteiger partial charge in [-0.05, 0) is 0 Å². The minimum Gasteiger partial charge on any atom is -0.504 e. The molecule has 13 heavy (non-hydrogen) atoms. The summed E-state index contributed by atoms with van der Waals surface area (Å²) < 4.78 is 8.54. The van der Waals surface area contributed by atoms with Gasteiger partial charge in [0.1, 0.15) is 11.6 Å². The lowest BCUT2D eigenvalue weighted by Crippen LogP contribution is -2.10. The van der Waals surface area contributed by atoms with Crippen LogP contribution in [0.25, 0.3) is 0 Å². The number of carbonyl (C=O) groups excluding carboxylic acids is 2. The molecule has 5 nitrogen and oxygen atoms in total. The molecule has 0 radical (unpaired) electrons. The van der Waals surface area contributed by atoms with Crippen LogP contribution in [-0.2, 0) is 19.1 Å². The van der Waals surface area contributed by atoms with Crippen LogP contribution in [0, 0.1) is 11.3 Å². The number of methoxy groups -OCH3 is 1. The summed E-state index contributed by atoms with van der Waals surface area (Å²) in [6.07, 6.45) is 1.95. The molecule has 0 aliphatic heterocycles. The molecule has 0 aliphatic carbocycles. The van der Waals surface area contributed by atoms with Gasteiger partial charge in [0.15, 0.2) is 0 Å². The molecule has 68 valence electrons. The fourth-order valence-corrected chi connectivity index (χ4v) is 0.356.